The Balaban J connectivity index is 1.40. The third kappa shape index (κ3) is 4.47. The van der Waals surface area contributed by atoms with Gasteiger partial charge in [-0.3, -0.25) is 0 Å². The number of anilines is 1. The Morgan fingerprint density at radius 1 is 1.20 bits per heavy atom. The van der Waals surface area contributed by atoms with Gasteiger partial charge in [0.2, 0.25) is 5.95 Å². The number of H-pyrrole nitrogens is 1. The number of piperidine rings is 1. The number of imidazole rings is 1. The highest BCUT2D eigenvalue weighted by Crippen LogP contribution is 2.29. The molecular weight excluding hydrogens is 392 g/mol. The summed E-state index contributed by atoms with van der Waals surface area (Å²) < 4.78 is 0. The summed E-state index contributed by atoms with van der Waals surface area (Å²) >= 11 is 4.61. The number of nitrogens with one attached hydrogen (secondary N) is 2. The Morgan fingerprint density at radius 2 is 1.97 bits per heavy atom. The molecule has 3 heterocycles. The summed E-state index contributed by atoms with van der Waals surface area (Å²) in [5.74, 6) is 2.36. The van der Waals surface area contributed by atoms with E-state index in [9.17, 15) is 0 Å². The summed E-state index contributed by atoms with van der Waals surface area (Å²) in [4.78, 5) is 20.8. The molecule has 4 rings (SSSR count). The van der Waals surface area contributed by atoms with Crippen molar-refractivity contribution in [2.45, 2.75) is 51.3 Å². The van der Waals surface area contributed by atoms with Gasteiger partial charge < -0.3 is 15.2 Å². The smallest absolute Gasteiger partial charge is 0.222 e. The van der Waals surface area contributed by atoms with Crippen LogP contribution in [0.3, 0.4) is 0 Å². The molecule has 0 atom stereocenters. The van der Waals surface area contributed by atoms with Gasteiger partial charge >= 0.3 is 0 Å². The van der Waals surface area contributed by atoms with E-state index in [0.717, 1.165) is 63.0 Å². The van der Waals surface area contributed by atoms with E-state index in [1.165, 1.54) is 32.4 Å². The Kier molecular flexibility index (Phi) is 6.29. The summed E-state index contributed by atoms with van der Waals surface area (Å²) in [6.45, 7) is 9.52. The van der Waals surface area contributed by atoms with E-state index in [2.05, 4.69) is 64.8 Å². The average molecular weight is 425 g/mol. The molecule has 0 bridgehead atoms. The van der Waals surface area contributed by atoms with E-state index >= 15 is 0 Å². The number of nitrogens with zero attached hydrogens (tertiary/aromatic N) is 4. The van der Waals surface area contributed by atoms with Gasteiger partial charge in [-0.2, -0.15) is 0 Å². The lowest BCUT2D eigenvalue weighted by Gasteiger charge is -2.28. The van der Waals surface area contributed by atoms with Crippen molar-refractivity contribution < 1.29 is 0 Å². The SMILES string of the molecule is Cc1cc2[nH]c(-c3cnc(NCCCC4CCN(C)CC4)nc3C)nc2c(C)c1S. The van der Waals surface area contributed by atoms with Crippen LogP contribution in [0, 0.1) is 26.7 Å². The molecular formula is C23H32N6S. The van der Waals surface area contributed by atoms with Gasteiger partial charge in [0.15, 0.2) is 0 Å². The number of benzene rings is 1. The number of hydrogen-bond acceptors (Lipinski definition) is 6. The highest BCUT2D eigenvalue weighted by molar-refractivity contribution is 7.80. The standard InChI is InChI=1S/C23H32N6S/c1-14-12-19-20(15(2)21(14)30)28-22(27-19)18-13-25-23(26-16(18)3)24-9-5-6-17-7-10-29(4)11-8-17/h12-13,17,30H,5-11H2,1-4H3,(H,27,28)(H,24,25,26). The molecule has 160 valence electrons. The molecule has 30 heavy (non-hydrogen) atoms. The van der Waals surface area contributed by atoms with E-state index in [1.807, 2.05) is 13.1 Å². The van der Waals surface area contributed by atoms with Crippen molar-refractivity contribution in [3.05, 3.63) is 29.1 Å². The second kappa shape index (κ2) is 8.94. The van der Waals surface area contributed by atoms with Gasteiger partial charge in [-0.05, 0) is 89.7 Å². The first-order chi connectivity index (χ1) is 14.4. The lowest BCUT2D eigenvalue weighted by molar-refractivity contribution is 0.211. The first kappa shape index (κ1) is 21.1. The maximum atomic E-state index is 4.80. The van der Waals surface area contributed by atoms with E-state index in [1.54, 1.807) is 0 Å². The summed E-state index contributed by atoms with van der Waals surface area (Å²) in [6, 6.07) is 2.09. The maximum absolute atomic E-state index is 4.80. The fourth-order valence-corrected chi connectivity index (χ4v) is 4.49. The lowest BCUT2D eigenvalue weighted by Crippen LogP contribution is -2.30. The first-order valence-corrected chi connectivity index (χ1v) is 11.3. The molecule has 0 amide bonds. The summed E-state index contributed by atoms with van der Waals surface area (Å²) in [5, 5.41) is 3.39. The molecule has 3 aromatic rings. The van der Waals surface area contributed by atoms with Gasteiger partial charge in [0.05, 0.1) is 22.3 Å². The van der Waals surface area contributed by atoms with Crippen molar-refractivity contribution >= 4 is 29.6 Å². The molecule has 6 nitrogen and oxygen atoms in total. The Bertz CT molecular complexity index is 1040. The van der Waals surface area contributed by atoms with Crippen LogP contribution in [0.15, 0.2) is 17.2 Å². The zero-order valence-corrected chi connectivity index (χ0v) is 19.3. The van der Waals surface area contributed by atoms with Gasteiger partial charge in [0, 0.05) is 17.6 Å². The van der Waals surface area contributed by atoms with Gasteiger partial charge in [0.1, 0.15) is 5.82 Å². The number of aryl methyl sites for hydroxylation is 3. The van der Waals surface area contributed by atoms with Crippen molar-refractivity contribution in [2.75, 3.05) is 32.0 Å². The molecule has 0 unspecified atom stereocenters. The molecule has 7 heteroatoms. The largest absolute Gasteiger partial charge is 0.354 e. The predicted molar refractivity (Wildman–Crippen MR) is 127 cm³/mol. The molecule has 0 saturated carbocycles. The molecule has 1 aromatic carbocycles. The molecule has 2 aromatic heterocycles. The molecule has 1 aliphatic heterocycles. The highest BCUT2D eigenvalue weighted by Gasteiger charge is 2.16. The number of likely N-dealkylation sites (tertiary alicyclic amines) is 1. The van der Waals surface area contributed by atoms with Crippen molar-refractivity contribution in [1.29, 1.82) is 0 Å². The van der Waals surface area contributed by atoms with Crippen LogP contribution >= 0.6 is 12.6 Å². The van der Waals surface area contributed by atoms with Crippen LogP contribution in [-0.2, 0) is 0 Å². The Labute approximate surface area is 184 Å². The second-order valence-electron chi connectivity index (χ2n) is 8.66. The van der Waals surface area contributed by atoms with Crippen LogP contribution < -0.4 is 5.32 Å². The molecule has 0 radical (unpaired) electrons. The fraction of sp³-hybridized carbons (Fsp3) is 0.522. The maximum Gasteiger partial charge on any atom is 0.222 e. The first-order valence-electron chi connectivity index (χ1n) is 10.9. The molecule has 1 fully saturated rings. The van der Waals surface area contributed by atoms with Crippen LogP contribution in [0.1, 0.15) is 42.5 Å². The monoisotopic (exact) mass is 424 g/mol. The minimum atomic E-state index is 0.695. The average Bonchev–Trinajstić information content (AvgIpc) is 3.14. The van der Waals surface area contributed by atoms with Gasteiger partial charge in [-0.1, -0.05) is 0 Å². The van der Waals surface area contributed by atoms with Crippen molar-refractivity contribution in [2.24, 2.45) is 5.92 Å². The van der Waals surface area contributed by atoms with E-state index in [4.69, 9.17) is 4.98 Å². The molecule has 2 N–H and O–H groups in total. The van der Waals surface area contributed by atoms with Gasteiger partial charge in [-0.15, -0.1) is 12.6 Å². The number of thiol groups is 1. The van der Waals surface area contributed by atoms with Crippen molar-refractivity contribution in [3.63, 3.8) is 0 Å². The normalized spacial score (nSPS) is 15.8. The highest BCUT2D eigenvalue weighted by atomic mass is 32.1. The summed E-state index contributed by atoms with van der Waals surface area (Å²) in [5.41, 5.74) is 6.07. The van der Waals surface area contributed by atoms with E-state index in [0.29, 0.717) is 5.95 Å². The molecule has 1 saturated heterocycles. The van der Waals surface area contributed by atoms with Crippen LogP contribution in [-0.4, -0.2) is 51.5 Å². The minimum Gasteiger partial charge on any atom is -0.354 e. The zero-order valence-electron chi connectivity index (χ0n) is 18.4. The third-order valence-corrected chi connectivity index (χ3v) is 7.01. The number of rotatable bonds is 6. The number of aromatic nitrogens is 4. The Morgan fingerprint density at radius 3 is 2.70 bits per heavy atom. The zero-order chi connectivity index (χ0) is 21.3. The molecule has 1 aliphatic rings. The number of aromatic amines is 1. The van der Waals surface area contributed by atoms with Crippen LogP contribution in [0.25, 0.3) is 22.4 Å². The van der Waals surface area contributed by atoms with Gasteiger partial charge in [0.25, 0.3) is 0 Å². The van der Waals surface area contributed by atoms with Crippen LogP contribution in [0.5, 0.6) is 0 Å². The predicted octanol–water partition coefficient (Wildman–Crippen LogP) is 4.77. The third-order valence-electron chi connectivity index (χ3n) is 6.32. The number of fused-ring (bicyclic) bond motifs is 1. The quantitative estimate of drug-likeness (QED) is 0.393. The van der Waals surface area contributed by atoms with Gasteiger partial charge in [-0.25, -0.2) is 15.0 Å². The van der Waals surface area contributed by atoms with Crippen LogP contribution in [0.2, 0.25) is 0 Å². The minimum absolute atomic E-state index is 0.695. The van der Waals surface area contributed by atoms with Crippen molar-refractivity contribution in [3.8, 4) is 11.4 Å². The molecule has 0 aliphatic carbocycles. The number of hydrogen-bond donors (Lipinski definition) is 3. The van der Waals surface area contributed by atoms with E-state index in [-0.39, 0.29) is 0 Å². The fourth-order valence-electron chi connectivity index (χ4n) is 4.32. The van der Waals surface area contributed by atoms with Crippen LogP contribution in [0.4, 0.5) is 5.95 Å². The Hall–Kier alpha value is -2.12. The summed E-state index contributed by atoms with van der Waals surface area (Å²) in [6.07, 6.45) is 6.96. The molecule has 0 spiro atoms. The topological polar surface area (TPSA) is 69.7 Å². The summed E-state index contributed by atoms with van der Waals surface area (Å²) in [7, 11) is 2.21. The lowest BCUT2D eigenvalue weighted by atomic mass is 9.92. The van der Waals surface area contributed by atoms with Crippen molar-refractivity contribution in [1.82, 2.24) is 24.8 Å². The second-order valence-corrected chi connectivity index (χ2v) is 9.10. The van der Waals surface area contributed by atoms with E-state index < -0.39 is 0 Å².